The van der Waals surface area contributed by atoms with Crippen LogP contribution in [-0.2, 0) is 6.42 Å². The number of nitrogens with zero attached hydrogens (tertiary/aromatic N) is 3. The average Bonchev–Trinajstić information content (AvgIpc) is 2.71. The summed E-state index contributed by atoms with van der Waals surface area (Å²) in [6.07, 6.45) is 2.69. The summed E-state index contributed by atoms with van der Waals surface area (Å²) in [5.74, 6) is 1.67. The average molecular weight is 194 g/mol. The number of rotatable bonds is 2. The van der Waals surface area contributed by atoms with Gasteiger partial charge in [0.25, 0.3) is 0 Å². The van der Waals surface area contributed by atoms with Crippen LogP contribution < -0.4 is 0 Å². The summed E-state index contributed by atoms with van der Waals surface area (Å²) in [5, 5.41) is 8.03. The lowest BCUT2D eigenvalue weighted by atomic mass is 10.4. The molecular weight excluding hydrogens is 184 g/mol. The van der Waals surface area contributed by atoms with E-state index < -0.39 is 0 Å². The second-order valence-corrected chi connectivity index (χ2v) is 3.94. The van der Waals surface area contributed by atoms with Gasteiger partial charge in [0, 0.05) is 12.6 Å². The molecule has 0 spiro atoms. The molecule has 68 valence electrons. The van der Waals surface area contributed by atoms with E-state index in [4.69, 9.17) is 0 Å². The maximum absolute atomic E-state index is 4.32. The molecule has 0 amide bonds. The predicted octanol–water partition coefficient (Wildman–Crippen LogP) is 1.80. The van der Waals surface area contributed by atoms with Crippen molar-refractivity contribution in [2.45, 2.75) is 20.3 Å². The van der Waals surface area contributed by atoms with Crippen LogP contribution in [0.3, 0.4) is 0 Å². The molecule has 4 nitrogen and oxygen atoms in total. The van der Waals surface area contributed by atoms with Crippen molar-refractivity contribution in [3.8, 4) is 10.7 Å². The summed E-state index contributed by atoms with van der Waals surface area (Å²) in [5.41, 5.74) is 0. The zero-order chi connectivity index (χ0) is 9.26. The Bertz CT molecular complexity index is 404. The van der Waals surface area contributed by atoms with Crippen LogP contribution in [0.25, 0.3) is 10.7 Å². The van der Waals surface area contributed by atoms with Gasteiger partial charge in [0.2, 0.25) is 0 Å². The molecule has 2 heterocycles. The lowest BCUT2D eigenvalue weighted by molar-refractivity contribution is 0.946. The second-order valence-electron chi connectivity index (χ2n) is 2.70. The molecule has 0 aliphatic heterocycles. The van der Waals surface area contributed by atoms with Gasteiger partial charge in [-0.2, -0.15) is 5.10 Å². The highest BCUT2D eigenvalue weighted by atomic mass is 32.1. The van der Waals surface area contributed by atoms with Gasteiger partial charge in [-0.25, -0.2) is 9.97 Å². The van der Waals surface area contributed by atoms with Crippen molar-refractivity contribution in [2.24, 2.45) is 0 Å². The van der Waals surface area contributed by atoms with Gasteiger partial charge in [0.15, 0.2) is 5.82 Å². The summed E-state index contributed by atoms with van der Waals surface area (Å²) >= 11 is 1.61. The fourth-order valence-electron chi connectivity index (χ4n) is 1.03. The standard InChI is InChI=1S/C8H10N4S/c1-3-7-10-8(12-11-7)6-4-9-5(2)13-6/h4H,3H2,1-2H3,(H,10,11,12). The molecule has 0 saturated carbocycles. The number of aryl methyl sites for hydroxylation is 2. The number of aromatic amines is 1. The number of hydrogen-bond donors (Lipinski definition) is 1. The van der Waals surface area contributed by atoms with E-state index in [0.717, 1.165) is 28.0 Å². The van der Waals surface area contributed by atoms with Gasteiger partial charge in [-0.15, -0.1) is 11.3 Å². The summed E-state index contributed by atoms with van der Waals surface area (Å²) in [6, 6.07) is 0. The van der Waals surface area contributed by atoms with Crippen LogP contribution in [0.1, 0.15) is 17.8 Å². The Kier molecular flexibility index (Phi) is 2.10. The van der Waals surface area contributed by atoms with Gasteiger partial charge in [-0.05, 0) is 6.92 Å². The molecule has 0 aliphatic rings. The molecule has 2 aromatic rings. The van der Waals surface area contributed by atoms with Crippen molar-refractivity contribution >= 4 is 11.3 Å². The predicted molar refractivity (Wildman–Crippen MR) is 51.6 cm³/mol. The summed E-state index contributed by atoms with van der Waals surface area (Å²) in [7, 11) is 0. The van der Waals surface area contributed by atoms with Crippen LogP contribution in [0.5, 0.6) is 0 Å². The first kappa shape index (κ1) is 8.37. The molecule has 0 radical (unpaired) electrons. The van der Waals surface area contributed by atoms with E-state index in [1.807, 2.05) is 20.0 Å². The summed E-state index contributed by atoms with van der Waals surface area (Å²) in [6.45, 7) is 4.02. The minimum absolute atomic E-state index is 0.752. The lowest BCUT2D eigenvalue weighted by Crippen LogP contribution is -1.80. The number of H-pyrrole nitrogens is 1. The van der Waals surface area contributed by atoms with E-state index in [0.29, 0.717) is 0 Å². The van der Waals surface area contributed by atoms with Crippen molar-refractivity contribution in [3.05, 3.63) is 17.0 Å². The Hall–Kier alpha value is -1.23. The van der Waals surface area contributed by atoms with E-state index >= 15 is 0 Å². The Morgan fingerprint density at radius 1 is 1.54 bits per heavy atom. The number of hydrogen-bond acceptors (Lipinski definition) is 4. The molecule has 5 heteroatoms. The maximum Gasteiger partial charge on any atom is 0.192 e. The molecule has 13 heavy (non-hydrogen) atoms. The van der Waals surface area contributed by atoms with Crippen LogP contribution in [-0.4, -0.2) is 20.2 Å². The van der Waals surface area contributed by atoms with E-state index in [1.165, 1.54) is 0 Å². The highest BCUT2D eigenvalue weighted by Crippen LogP contribution is 2.21. The van der Waals surface area contributed by atoms with E-state index in [2.05, 4.69) is 20.2 Å². The quantitative estimate of drug-likeness (QED) is 0.793. The Balaban J connectivity index is 2.35. The lowest BCUT2D eigenvalue weighted by Gasteiger charge is -1.83. The highest BCUT2D eigenvalue weighted by molar-refractivity contribution is 7.14. The van der Waals surface area contributed by atoms with Crippen LogP contribution in [0, 0.1) is 6.92 Å². The minimum atomic E-state index is 0.752. The first-order valence-corrected chi connectivity index (χ1v) is 4.95. The number of aromatic nitrogens is 4. The number of thiazole rings is 1. The zero-order valence-corrected chi connectivity index (χ0v) is 8.35. The molecule has 0 atom stereocenters. The second kappa shape index (κ2) is 3.26. The van der Waals surface area contributed by atoms with Gasteiger partial charge >= 0.3 is 0 Å². The molecule has 0 fully saturated rings. The first-order valence-electron chi connectivity index (χ1n) is 4.13. The van der Waals surface area contributed by atoms with Crippen molar-refractivity contribution < 1.29 is 0 Å². The Labute approximate surface area is 80.1 Å². The minimum Gasteiger partial charge on any atom is -0.263 e. The molecule has 0 bridgehead atoms. The summed E-state index contributed by atoms with van der Waals surface area (Å²) < 4.78 is 0. The van der Waals surface area contributed by atoms with Gasteiger partial charge < -0.3 is 0 Å². The maximum atomic E-state index is 4.32. The SMILES string of the molecule is CCc1nc(-c2cnc(C)s2)n[nH]1. The number of nitrogens with one attached hydrogen (secondary N) is 1. The van der Waals surface area contributed by atoms with Gasteiger partial charge in [-0.3, -0.25) is 5.10 Å². The van der Waals surface area contributed by atoms with Crippen molar-refractivity contribution in [3.63, 3.8) is 0 Å². The third kappa shape index (κ3) is 1.60. The zero-order valence-electron chi connectivity index (χ0n) is 7.53. The first-order chi connectivity index (χ1) is 6.29. The highest BCUT2D eigenvalue weighted by Gasteiger charge is 2.06. The molecular formula is C8H10N4S. The van der Waals surface area contributed by atoms with Gasteiger partial charge in [-0.1, -0.05) is 6.92 Å². The molecule has 0 aromatic carbocycles. The molecule has 2 rings (SSSR count). The molecule has 0 aliphatic carbocycles. The third-order valence-corrected chi connectivity index (χ3v) is 2.62. The largest absolute Gasteiger partial charge is 0.263 e. The van der Waals surface area contributed by atoms with E-state index in [1.54, 1.807) is 11.3 Å². The topological polar surface area (TPSA) is 54.5 Å². The molecule has 0 unspecified atom stereocenters. The molecule has 0 saturated heterocycles. The summed E-state index contributed by atoms with van der Waals surface area (Å²) in [4.78, 5) is 9.49. The molecule has 2 aromatic heterocycles. The van der Waals surface area contributed by atoms with Crippen molar-refractivity contribution in [2.75, 3.05) is 0 Å². The monoisotopic (exact) mass is 194 g/mol. The Morgan fingerprint density at radius 2 is 2.38 bits per heavy atom. The fraction of sp³-hybridized carbons (Fsp3) is 0.375. The van der Waals surface area contributed by atoms with Crippen LogP contribution in [0.4, 0.5) is 0 Å². The van der Waals surface area contributed by atoms with Crippen molar-refractivity contribution in [1.29, 1.82) is 0 Å². The van der Waals surface area contributed by atoms with Crippen LogP contribution >= 0.6 is 11.3 Å². The normalized spacial score (nSPS) is 10.6. The smallest absolute Gasteiger partial charge is 0.192 e. The van der Waals surface area contributed by atoms with E-state index in [9.17, 15) is 0 Å². The molecule has 1 N–H and O–H groups in total. The van der Waals surface area contributed by atoms with Gasteiger partial charge in [0.1, 0.15) is 5.82 Å². The fourth-order valence-corrected chi connectivity index (χ4v) is 1.74. The van der Waals surface area contributed by atoms with Gasteiger partial charge in [0.05, 0.1) is 9.88 Å². The van der Waals surface area contributed by atoms with Crippen molar-refractivity contribution in [1.82, 2.24) is 20.2 Å². The Morgan fingerprint density at radius 3 is 2.92 bits per heavy atom. The van der Waals surface area contributed by atoms with Crippen LogP contribution in [0.2, 0.25) is 0 Å². The third-order valence-electron chi connectivity index (χ3n) is 1.71. The van der Waals surface area contributed by atoms with E-state index in [-0.39, 0.29) is 0 Å². The van der Waals surface area contributed by atoms with Crippen LogP contribution in [0.15, 0.2) is 6.20 Å².